The van der Waals surface area contributed by atoms with E-state index in [0.29, 0.717) is 17.9 Å². The van der Waals surface area contributed by atoms with Gasteiger partial charge >= 0.3 is 0 Å². The molecule has 4 aromatic rings. The van der Waals surface area contributed by atoms with E-state index < -0.39 is 5.43 Å². The maximum Gasteiger partial charge on any atom is 0.224 e. The largest absolute Gasteiger partial charge is 0.503 e. The monoisotopic (exact) mass is 387 g/mol. The van der Waals surface area contributed by atoms with E-state index in [1.54, 1.807) is 11.7 Å². The average molecular weight is 387 g/mol. The fourth-order valence-electron chi connectivity index (χ4n) is 3.77. The Hall–Kier alpha value is -3.38. The Balaban J connectivity index is 1.76. The van der Waals surface area contributed by atoms with E-state index in [2.05, 4.69) is 34.3 Å². The van der Waals surface area contributed by atoms with Gasteiger partial charge < -0.3 is 5.11 Å². The molecular weight excluding hydrogens is 370 g/mol. The van der Waals surface area contributed by atoms with Crippen LogP contribution in [0.25, 0.3) is 11.4 Å². The Labute approximate surface area is 165 Å². The van der Waals surface area contributed by atoms with Crippen molar-refractivity contribution < 1.29 is 5.11 Å². The molecule has 28 heavy (non-hydrogen) atoms. The number of aromatic hydroxyl groups is 1. The van der Waals surface area contributed by atoms with Gasteiger partial charge in [-0.2, -0.15) is 0 Å². The van der Waals surface area contributed by atoms with Crippen LogP contribution in [0.5, 0.6) is 5.75 Å². The van der Waals surface area contributed by atoms with Crippen molar-refractivity contribution in [2.24, 2.45) is 0 Å². The van der Waals surface area contributed by atoms with Crippen LogP contribution in [0.3, 0.4) is 0 Å². The number of benzene rings is 2. The van der Waals surface area contributed by atoms with Gasteiger partial charge in [0.25, 0.3) is 0 Å². The summed E-state index contributed by atoms with van der Waals surface area (Å²) >= 11 is 1.54. The molecule has 0 amide bonds. The van der Waals surface area contributed by atoms with Crippen molar-refractivity contribution in [3.8, 4) is 17.1 Å². The Bertz CT molecular complexity index is 1150. The molecule has 0 saturated carbocycles. The third-order valence-corrected chi connectivity index (χ3v) is 5.85. The highest BCUT2D eigenvalue weighted by Crippen LogP contribution is 2.39. The maximum absolute atomic E-state index is 12.1. The fourth-order valence-corrected chi connectivity index (χ4v) is 4.53. The minimum Gasteiger partial charge on any atom is -0.503 e. The molecule has 0 fully saturated rings. The number of aromatic nitrogens is 2. The molecule has 0 unspecified atom stereocenters. The van der Waals surface area contributed by atoms with Crippen molar-refractivity contribution in [1.29, 1.82) is 0 Å². The smallest absolute Gasteiger partial charge is 0.224 e. The summed E-state index contributed by atoms with van der Waals surface area (Å²) in [4.78, 5) is 17.6. The fraction of sp³-hybridized carbons (Fsp3) is 0.0909. The summed E-state index contributed by atoms with van der Waals surface area (Å²) in [7, 11) is 0. The van der Waals surface area contributed by atoms with Crippen molar-refractivity contribution in [2.75, 3.05) is 5.01 Å². The van der Waals surface area contributed by atoms with E-state index in [9.17, 15) is 9.90 Å². The van der Waals surface area contributed by atoms with Crippen molar-refractivity contribution in [3.63, 3.8) is 0 Å². The summed E-state index contributed by atoms with van der Waals surface area (Å²) in [5.74, 6) is -0.265. The molecule has 0 saturated heterocycles. The topological polar surface area (TPSA) is 58.4 Å². The number of hydrogen-bond acceptors (Lipinski definition) is 5. The second kappa shape index (κ2) is 6.65. The van der Waals surface area contributed by atoms with E-state index in [-0.39, 0.29) is 11.8 Å². The first kappa shape index (κ1) is 16.8. The van der Waals surface area contributed by atoms with Gasteiger partial charge in [0.2, 0.25) is 5.43 Å². The van der Waals surface area contributed by atoms with Crippen LogP contribution in [0.2, 0.25) is 0 Å². The summed E-state index contributed by atoms with van der Waals surface area (Å²) in [5, 5.41) is 12.7. The van der Waals surface area contributed by atoms with Gasteiger partial charge in [-0.05, 0) is 11.1 Å². The lowest BCUT2D eigenvalue weighted by atomic mass is 9.97. The molecule has 5 nitrogen and oxygen atoms in total. The summed E-state index contributed by atoms with van der Waals surface area (Å²) in [6.45, 7) is 0.629. The highest BCUT2D eigenvalue weighted by atomic mass is 32.1. The van der Waals surface area contributed by atoms with Crippen LogP contribution in [0.1, 0.15) is 22.0 Å². The van der Waals surface area contributed by atoms with Crippen LogP contribution >= 0.6 is 11.3 Å². The molecular formula is C22H17N3O2S. The predicted molar refractivity (Wildman–Crippen MR) is 110 cm³/mol. The lowest BCUT2D eigenvalue weighted by molar-refractivity contribution is 0.449. The normalized spacial score (nSPS) is 12.7. The van der Waals surface area contributed by atoms with E-state index in [0.717, 1.165) is 16.0 Å². The first-order chi connectivity index (χ1) is 13.7. The quantitative estimate of drug-likeness (QED) is 0.579. The van der Waals surface area contributed by atoms with Gasteiger partial charge in [-0.25, -0.2) is 4.98 Å². The van der Waals surface area contributed by atoms with Crippen LogP contribution in [-0.2, 0) is 6.54 Å². The molecule has 2 aromatic heterocycles. The third kappa shape index (κ3) is 2.61. The standard InChI is InChI=1S/C22H17N3O2S/c26-17-11-12-24-21(22(17)27)19-18(28-14-23-19)13-25(24)20(15-7-3-1-4-8-15)16-9-5-2-6-10-16/h1-12,14,20,27H,13H2. The Morgan fingerprint density at radius 3 is 2.25 bits per heavy atom. The van der Waals surface area contributed by atoms with Crippen LogP contribution in [-0.4, -0.2) is 14.8 Å². The Morgan fingerprint density at radius 1 is 0.964 bits per heavy atom. The van der Waals surface area contributed by atoms with Gasteiger partial charge in [0.15, 0.2) is 5.75 Å². The van der Waals surface area contributed by atoms with E-state index in [4.69, 9.17) is 0 Å². The molecule has 0 radical (unpaired) electrons. The number of thiazole rings is 1. The molecule has 5 rings (SSSR count). The molecule has 6 heteroatoms. The second-order valence-corrected chi connectivity index (χ2v) is 7.61. The number of pyridine rings is 1. The molecule has 1 aliphatic rings. The molecule has 0 bridgehead atoms. The second-order valence-electron chi connectivity index (χ2n) is 6.67. The summed E-state index contributed by atoms with van der Waals surface area (Å²) in [5.41, 5.74) is 4.75. The molecule has 0 spiro atoms. The highest BCUT2D eigenvalue weighted by Gasteiger charge is 2.32. The molecule has 2 aromatic carbocycles. The van der Waals surface area contributed by atoms with Crippen molar-refractivity contribution in [1.82, 2.24) is 9.66 Å². The molecule has 138 valence electrons. The van der Waals surface area contributed by atoms with Gasteiger partial charge in [0, 0.05) is 12.3 Å². The minimum absolute atomic E-state index is 0.0849. The lowest BCUT2D eigenvalue weighted by Crippen LogP contribution is -2.41. The maximum atomic E-state index is 12.1. The van der Waals surface area contributed by atoms with Gasteiger partial charge in [-0.15, -0.1) is 11.3 Å². The Morgan fingerprint density at radius 2 is 1.61 bits per heavy atom. The lowest BCUT2D eigenvalue weighted by Gasteiger charge is -2.39. The van der Waals surface area contributed by atoms with Crippen LogP contribution in [0, 0.1) is 0 Å². The SMILES string of the molecule is O=c1ccn2c(c1O)-c1ncsc1CN2C(c1ccccc1)c1ccccc1. The van der Waals surface area contributed by atoms with Gasteiger partial charge in [0.05, 0.1) is 23.0 Å². The van der Waals surface area contributed by atoms with Crippen molar-refractivity contribution >= 4 is 11.3 Å². The number of rotatable bonds is 3. The summed E-state index contributed by atoms with van der Waals surface area (Å²) < 4.78 is 1.86. The zero-order valence-electron chi connectivity index (χ0n) is 14.9. The average Bonchev–Trinajstić information content (AvgIpc) is 3.21. The third-order valence-electron chi connectivity index (χ3n) is 5.03. The predicted octanol–water partition coefficient (Wildman–Crippen LogP) is 3.92. The van der Waals surface area contributed by atoms with Crippen LogP contribution in [0.4, 0.5) is 0 Å². The molecule has 3 heterocycles. The summed E-state index contributed by atoms with van der Waals surface area (Å²) in [6.07, 6.45) is 1.72. The van der Waals surface area contributed by atoms with Gasteiger partial charge in [0.1, 0.15) is 11.4 Å². The molecule has 0 atom stereocenters. The van der Waals surface area contributed by atoms with Crippen molar-refractivity contribution in [2.45, 2.75) is 12.6 Å². The number of hydrogen-bond donors (Lipinski definition) is 1. The Kier molecular flexibility index (Phi) is 3.98. The zero-order chi connectivity index (χ0) is 19.1. The molecule has 1 aliphatic heterocycles. The van der Waals surface area contributed by atoms with E-state index in [1.165, 1.54) is 17.4 Å². The van der Waals surface area contributed by atoms with E-state index in [1.807, 2.05) is 41.1 Å². The summed E-state index contributed by atoms with van der Waals surface area (Å²) in [6, 6.07) is 21.8. The first-order valence-electron chi connectivity index (χ1n) is 8.98. The molecule has 0 aliphatic carbocycles. The van der Waals surface area contributed by atoms with E-state index >= 15 is 0 Å². The highest BCUT2D eigenvalue weighted by molar-refractivity contribution is 7.10. The van der Waals surface area contributed by atoms with Crippen LogP contribution < -0.4 is 10.4 Å². The zero-order valence-corrected chi connectivity index (χ0v) is 15.7. The van der Waals surface area contributed by atoms with Gasteiger partial charge in [-0.1, -0.05) is 60.7 Å². The molecule has 1 N–H and O–H groups in total. The first-order valence-corrected chi connectivity index (χ1v) is 9.86. The van der Waals surface area contributed by atoms with Gasteiger partial charge in [-0.3, -0.25) is 14.5 Å². The minimum atomic E-state index is -0.400. The van der Waals surface area contributed by atoms with Crippen molar-refractivity contribution in [3.05, 3.63) is 105 Å². The van der Waals surface area contributed by atoms with Crippen LogP contribution in [0.15, 0.2) is 83.2 Å². The number of nitrogens with zero attached hydrogens (tertiary/aromatic N) is 3. The number of fused-ring (bicyclic) bond motifs is 3.